The molecule has 0 saturated carbocycles. The number of carbonyl (C=O) groups is 1. The van der Waals surface area contributed by atoms with Gasteiger partial charge < -0.3 is 15.5 Å². The number of benzene rings is 2. The van der Waals surface area contributed by atoms with Crippen molar-refractivity contribution in [2.45, 2.75) is 18.7 Å². The molecular weight excluding hydrogens is 354 g/mol. The molecule has 26 heavy (non-hydrogen) atoms. The third-order valence-electron chi connectivity index (χ3n) is 3.72. The SMILES string of the molecule is O=C(NCC[C@@H](O)CO)c1ccc(-c2cc(F)ccc2C(F)(F)F)cc1. The van der Waals surface area contributed by atoms with Gasteiger partial charge in [0.25, 0.3) is 5.91 Å². The van der Waals surface area contributed by atoms with E-state index in [1.807, 2.05) is 0 Å². The van der Waals surface area contributed by atoms with Crippen LogP contribution in [0.4, 0.5) is 17.6 Å². The number of amides is 1. The quantitative estimate of drug-likeness (QED) is 0.684. The van der Waals surface area contributed by atoms with E-state index in [-0.39, 0.29) is 29.7 Å². The highest BCUT2D eigenvalue weighted by Gasteiger charge is 2.33. The van der Waals surface area contributed by atoms with Crippen molar-refractivity contribution in [3.05, 3.63) is 59.4 Å². The Hall–Kier alpha value is -2.45. The lowest BCUT2D eigenvalue weighted by Crippen LogP contribution is -2.28. The van der Waals surface area contributed by atoms with Gasteiger partial charge in [0.2, 0.25) is 0 Å². The number of rotatable bonds is 6. The first kappa shape index (κ1) is 19.9. The summed E-state index contributed by atoms with van der Waals surface area (Å²) in [5.41, 5.74) is -0.939. The molecule has 0 aliphatic carbocycles. The highest BCUT2D eigenvalue weighted by atomic mass is 19.4. The maximum Gasteiger partial charge on any atom is 0.417 e. The smallest absolute Gasteiger partial charge is 0.394 e. The maximum atomic E-state index is 13.4. The van der Waals surface area contributed by atoms with Crippen LogP contribution in [0.25, 0.3) is 11.1 Å². The van der Waals surface area contributed by atoms with Gasteiger partial charge in [-0.15, -0.1) is 0 Å². The summed E-state index contributed by atoms with van der Waals surface area (Å²) in [6.07, 6.45) is -5.41. The third-order valence-corrected chi connectivity index (χ3v) is 3.72. The number of nitrogens with one attached hydrogen (secondary N) is 1. The zero-order valence-corrected chi connectivity index (χ0v) is 13.6. The van der Waals surface area contributed by atoms with E-state index in [2.05, 4.69) is 5.32 Å². The predicted molar refractivity (Wildman–Crippen MR) is 86.9 cm³/mol. The molecule has 1 amide bonds. The first-order valence-corrected chi connectivity index (χ1v) is 7.76. The zero-order chi connectivity index (χ0) is 19.3. The van der Waals surface area contributed by atoms with Crippen LogP contribution in [0.5, 0.6) is 0 Å². The molecular formula is C18H17F4NO3. The van der Waals surface area contributed by atoms with Gasteiger partial charge in [-0.25, -0.2) is 4.39 Å². The van der Waals surface area contributed by atoms with Gasteiger partial charge in [0.05, 0.1) is 18.3 Å². The van der Waals surface area contributed by atoms with E-state index in [0.29, 0.717) is 6.07 Å². The molecule has 0 aromatic heterocycles. The minimum atomic E-state index is -4.63. The summed E-state index contributed by atoms with van der Waals surface area (Å²) in [5.74, 6) is -1.27. The molecule has 0 fully saturated rings. The van der Waals surface area contributed by atoms with Crippen molar-refractivity contribution < 1.29 is 32.6 Å². The fraction of sp³-hybridized carbons (Fsp3) is 0.278. The summed E-state index contributed by atoms with van der Waals surface area (Å²) in [7, 11) is 0. The van der Waals surface area contributed by atoms with Crippen LogP contribution in [0.2, 0.25) is 0 Å². The molecule has 0 bridgehead atoms. The Labute approximate surface area is 147 Å². The van der Waals surface area contributed by atoms with E-state index in [1.165, 1.54) is 24.3 Å². The molecule has 0 heterocycles. The normalized spacial score (nSPS) is 12.7. The number of alkyl halides is 3. The van der Waals surface area contributed by atoms with Crippen molar-refractivity contribution in [1.29, 1.82) is 0 Å². The van der Waals surface area contributed by atoms with Crippen molar-refractivity contribution in [3.8, 4) is 11.1 Å². The molecule has 0 radical (unpaired) electrons. The molecule has 0 saturated heterocycles. The highest BCUT2D eigenvalue weighted by Crippen LogP contribution is 2.37. The molecule has 140 valence electrons. The molecule has 0 aliphatic heterocycles. The largest absolute Gasteiger partial charge is 0.417 e. The Kier molecular flexibility index (Phi) is 6.33. The lowest BCUT2D eigenvalue weighted by Gasteiger charge is -2.13. The Morgan fingerprint density at radius 2 is 1.77 bits per heavy atom. The monoisotopic (exact) mass is 371 g/mol. The summed E-state index contributed by atoms with van der Waals surface area (Å²) in [5, 5.41) is 20.4. The Bertz CT molecular complexity index is 760. The second-order valence-corrected chi connectivity index (χ2v) is 5.65. The van der Waals surface area contributed by atoms with Gasteiger partial charge in [0.15, 0.2) is 0 Å². The van der Waals surface area contributed by atoms with Crippen LogP contribution >= 0.6 is 0 Å². The van der Waals surface area contributed by atoms with Gasteiger partial charge in [-0.1, -0.05) is 12.1 Å². The van der Waals surface area contributed by atoms with Gasteiger partial charge in [-0.2, -0.15) is 13.2 Å². The van der Waals surface area contributed by atoms with Crippen molar-refractivity contribution in [2.75, 3.05) is 13.2 Å². The number of hydrogen-bond acceptors (Lipinski definition) is 3. The maximum absolute atomic E-state index is 13.4. The minimum absolute atomic E-state index is 0.129. The number of aliphatic hydroxyl groups is 2. The van der Waals surface area contributed by atoms with Gasteiger partial charge in [0, 0.05) is 12.1 Å². The van der Waals surface area contributed by atoms with Crippen molar-refractivity contribution in [1.82, 2.24) is 5.32 Å². The van der Waals surface area contributed by atoms with E-state index >= 15 is 0 Å². The average molecular weight is 371 g/mol. The van der Waals surface area contributed by atoms with E-state index in [4.69, 9.17) is 5.11 Å². The molecule has 0 unspecified atom stereocenters. The second-order valence-electron chi connectivity index (χ2n) is 5.65. The summed E-state index contributed by atoms with van der Waals surface area (Å²) >= 11 is 0. The molecule has 2 aromatic carbocycles. The molecule has 0 aliphatic rings. The van der Waals surface area contributed by atoms with Crippen LogP contribution in [0, 0.1) is 5.82 Å². The van der Waals surface area contributed by atoms with Crippen molar-refractivity contribution in [3.63, 3.8) is 0 Å². The third kappa shape index (κ3) is 5.03. The van der Waals surface area contributed by atoms with E-state index < -0.39 is 36.2 Å². The minimum Gasteiger partial charge on any atom is -0.394 e. The molecule has 2 aromatic rings. The van der Waals surface area contributed by atoms with E-state index in [0.717, 1.165) is 12.1 Å². The summed E-state index contributed by atoms with van der Waals surface area (Å²) in [6.45, 7) is -0.288. The fourth-order valence-electron chi connectivity index (χ4n) is 2.35. The first-order valence-electron chi connectivity index (χ1n) is 7.76. The van der Waals surface area contributed by atoms with Gasteiger partial charge in [-0.05, 0) is 47.9 Å². The van der Waals surface area contributed by atoms with Crippen LogP contribution in [0.3, 0.4) is 0 Å². The van der Waals surface area contributed by atoms with Crippen molar-refractivity contribution in [2.24, 2.45) is 0 Å². The Balaban J connectivity index is 2.17. The number of carbonyl (C=O) groups excluding carboxylic acids is 1. The van der Waals surface area contributed by atoms with Gasteiger partial charge >= 0.3 is 6.18 Å². The number of halogens is 4. The van der Waals surface area contributed by atoms with Crippen LogP contribution in [-0.2, 0) is 6.18 Å². The summed E-state index contributed by atoms with van der Waals surface area (Å²) in [6, 6.07) is 7.50. The Morgan fingerprint density at radius 3 is 2.35 bits per heavy atom. The highest BCUT2D eigenvalue weighted by molar-refractivity contribution is 5.94. The standard InChI is InChI=1S/C18H17F4NO3/c19-13-5-6-16(18(20,21)22)15(9-13)11-1-3-12(4-2-11)17(26)23-8-7-14(25)10-24/h1-6,9,14,24-25H,7-8,10H2,(H,23,26)/t14-/m1/s1. The summed E-state index contributed by atoms with van der Waals surface area (Å²) in [4.78, 5) is 11.9. The average Bonchev–Trinajstić information content (AvgIpc) is 2.60. The first-order chi connectivity index (χ1) is 12.2. The molecule has 3 N–H and O–H groups in total. The van der Waals surface area contributed by atoms with E-state index in [1.54, 1.807) is 0 Å². The van der Waals surface area contributed by atoms with E-state index in [9.17, 15) is 27.5 Å². The molecule has 8 heteroatoms. The van der Waals surface area contributed by atoms with Crippen LogP contribution in [0.15, 0.2) is 42.5 Å². The molecule has 2 rings (SSSR count). The lowest BCUT2D eigenvalue weighted by atomic mass is 9.98. The fourth-order valence-corrected chi connectivity index (χ4v) is 2.35. The van der Waals surface area contributed by atoms with Gasteiger partial charge in [0.1, 0.15) is 5.82 Å². The zero-order valence-electron chi connectivity index (χ0n) is 13.6. The Morgan fingerprint density at radius 1 is 1.12 bits per heavy atom. The van der Waals surface area contributed by atoms with Gasteiger partial charge in [-0.3, -0.25) is 4.79 Å². The number of hydrogen-bond donors (Lipinski definition) is 3. The molecule has 1 atom stereocenters. The second kappa shape index (κ2) is 8.29. The summed E-state index contributed by atoms with van der Waals surface area (Å²) < 4.78 is 52.6. The van der Waals surface area contributed by atoms with Crippen LogP contribution in [0.1, 0.15) is 22.3 Å². The topological polar surface area (TPSA) is 69.6 Å². The van der Waals surface area contributed by atoms with Crippen LogP contribution in [-0.4, -0.2) is 35.4 Å². The molecule has 0 spiro atoms. The number of aliphatic hydroxyl groups excluding tert-OH is 2. The van der Waals surface area contributed by atoms with Crippen LogP contribution < -0.4 is 5.32 Å². The molecule has 4 nitrogen and oxygen atoms in total. The van der Waals surface area contributed by atoms with Crippen molar-refractivity contribution >= 4 is 5.91 Å². The predicted octanol–water partition coefficient (Wildman–Crippen LogP) is 2.98. The lowest BCUT2D eigenvalue weighted by molar-refractivity contribution is -0.137.